The Morgan fingerprint density at radius 2 is 1.95 bits per heavy atom. The molecule has 3 aromatic rings. The van der Waals surface area contributed by atoms with Crippen LogP contribution in [0.1, 0.15) is 17.4 Å². The largest absolute Gasteiger partial charge is 0.497 e. The van der Waals surface area contributed by atoms with Crippen molar-refractivity contribution in [2.75, 3.05) is 14.2 Å². The molecule has 0 fully saturated rings. The van der Waals surface area contributed by atoms with Gasteiger partial charge in [-0.2, -0.15) is 0 Å². The third-order valence-corrected chi connectivity index (χ3v) is 4.07. The van der Waals surface area contributed by atoms with Crippen molar-refractivity contribution in [3.63, 3.8) is 0 Å². The highest BCUT2D eigenvalue weighted by Crippen LogP contribution is 2.28. The Morgan fingerprint density at radius 3 is 2.57 bits per heavy atom. The molecule has 0 amide bonds. The van der Waals surface area contributed by atoms with Crippen LogP contribution in [0.3, 0.4) is 0 Å². The minimum absolute atomic E-state index is 0.449. The standard InChI is InChI=1S/C15H16N2O3S/c1-19-12-5-10(6-13(8-12)20-2)14(18)7-11-9-17-3-4-21-15(17)16-11/h3-6,8-9,14,18H,7H2,1-2H3. The van der Waals surface area contributed by atoms with Crippen molar-refractivity contribution < 1.29 is 14.6 Å². The van der Waals surface area contributed by atoms with Gasteiger partial charge in [0.15, 0.2) is 4.96 Å². The summed E-state index contributed by atoms with van der Waals surface area (Å²) in [5.41, 5.74) is 1.61. The van der Waals surface area contributed by atoms with Crippen molar-refractivity contribution in [2.45, 2.75) is 12.5 Å². The lowest BCUT2D eigenvalue weighted by Gasteiger charge is -2.13. The van der Waals surface area contributed by atoms with E-state index in [0.29, 0.717) is 17.9 Å². The first kappa shape index (κ1) is 13.9. The normalized spacial score (nSPS) is 12.5. The molecule has 0 aliphatic heterocycles. The minimum Gasteiger partial charge on any atom is -0.497 e. The predicted molar refractivity (Wildman–Crippen MR) is 81.3 cm³/mol. The van der Waals surface area contributed by atoms with Crippen molar-refractivity contribution in [3.05, 3.63) is 47.2 Å². The molecule has 0 bridgehead atoms. The maximum absolute atomic E-state index is 10.4. The molecule has 0 spiro atoms. The third-order valence-electron chi connectivity index (χ3n) is 3.30. The summed E-state index contributed by atoms with van der Waals surface area (Å²) in [6.45, 7) is 0. The summed E-state index contributed by atoms with van der Waals surface area (Å²) in [5.74, 6) is 1.32. The molecular weight excluding hydrogens is 288 g/mol. The number of aromatic nitrogens is 2. The number of benzene rings is 1. The Balaban J connectivity index is 1.83. The zero-order valence-corrected chi connectivity index (χ0v) is 12.6. The van der Waals surface area contributed by atoms with Gasteiger partial charge in [0, 0.05) is 30.3 Å². The van der Waals surface area contributed by atoms with Gasteiger partial charge in [0.05, 0.1) is 26.0 Å². The van der Waals surface area contributed by atoms with Gasteiger partial charge in [0.2, 0.25) is 0 Å². The van der Waals surface area contributed by atoms with Gasteiger partial charge in [0.1, 0.15) is 11.5 Å². The van der Waals surface area contributed by atoms with Gasteiger partial charge in [-0.1, -0.05) is 0 Å². The van der Waals surface area contributed by atoms with Crippen LogP contribution in [0, 0.1) is 0 Å². The quantitative estimate of drug-likeness (QED) is 0.787. The Hall–Kier alpha value is -2.05. The number of aliphatic hydroxyl groups is 1. The number of ether oxygens (including phenoxy) is 2. The van der Waals surface area contributed by atoms with E-state index in [4.69, 9.17) is 9.47 Å². The van der Waals surface area contributed by atoms with Crippen LogP contribution in [0.15, 0.2) is 36.0 Å². The average Bonchev–Trinajstić information content (AvgIpc) is 3.07. The molecule has 2 aromatic heterocycles. The first-order chi connectivity index (χ1) is 10.2. The molecule has 0 radical (unpaired) electrons. The van der Waals surface area contributed by atoms with Crippen molar-refractivity contribution in [1.29, 1.82) is 0 Å². The lowest BCUT2D eigenvalue weighted by atomic mass is 10.0. The number of imidazole rings is 1. The van der Waals surface area contributed by atoms with E-state index in [9.17, 15) is 5.11 Å². The highest BCUT2D eigenvalue weighted by molar-refractivity contribution is 7.15. The average molecular weight is 304 g/mol. The maximum atomic E-state index is 10.4. The zero-order valence-electron chi connectivity index (χ0n) is 11.8. The van der Waals surface area contributed by atoms with Crippen LogP contribution in [0.2, 0.25) is 0 Å². The number of thiazole rings is 1. The van der Waals surface area contributed by atoms with Crippen LogP contribution < -0.4 is 9.47 Å². The maximum Gasteiger partial charge on any atom is 0.193 e. The fraction of sp³-hybridized carbons (Fsp3) is 0.267. The van der Waals surface area contributed by atoms with Crippen LogP contribution in [-0.2, 0) is 6.42 Å². The second-order valence-corrected chi connectivity index (χ2v) is 5.56. The molecule has 0 saturated carbocycles. The molecule has 1 unspecified atom stereocenters. The molecule has 0 aliphatic carbocycles. The van der Waals surface area contributed by atoms with E-state index in [1.165, 1.54) is 0 Å². The molecule has 21 heavy (non-hydrogen) atoms. The number of aliphatic hydroxyl groups excluding tert-OH is 1. The van der Waals surface area contributed by atoms with Crippen LogP contribution >= 0.6 is 11.3 Å². The Morgan fingerprint density at radius 1 is 1.24 bits per heavy atom. The van der Waals surface area contributed by atoms with E-state index in [0.717, 1.165) is 16.2 Å². The first-order valence-electron chi connectivity index (χ1n) is 6.51. The monoisotopic (exact) mass is 304 g/mol. The molecule has 6 heteroatoms. The number of fused-ring (bicyclic) bond motifs is 1. The highest BCUT2D eigenvalue weighted by Gasteiger charge is 2.14. The topological polar surface area (TPSA) is 56.0 Å². The van der Waals surface area contributed by atoms with Gasteiger partial charge < -0.3 is 14.6 Å². The summed E-state index contributed by atoms with van der Waals surface area (Å²) >= 11 is 1.57. The molecule has 3 rings (SSSR count). The minimum atomic E-state index is -0.654. The van der Waals surface area contributed by atoms with Gasteiger partial charge in [-0.25, -0.2) is 4.98 Å². The Labute approximate surface area is 126 Å². The van der Waals surface area contributed by atoms with Crippen LogP contribution in [0.4, 0.5) is 0 Å². The zero-order chi connectivity index (χ0) is 14.8. The van der Waals surface area contributed by atoms with E-state index >= 15 is 0 Å². The van der Waals surface area contributed by atoms with Gasteiger partial charge in [-0.3, -0.25) is 4.40 Å². The number of hydrogen-bond acceptors (Lipinski definition) is 5. The number of rotatable bonds is 5. The van der Waals surface area contributed by atoms with Crippen molar-refractivity contribution >= 4 is 16.3 Å². The van der Waals surface area contributed by atoms with E-state index in [1.807, 2.05) is 34.3 Å². The number of methoxy groups -OCH3 is 2. The van der Waals surface area contributed by atoms with Gasteiger partial charge in [-0.15, -0.1) is 11.3 Å². The molecule has 5 nitrogen and oxygen atoms in total. The van der Waals surface area contributed by atoms with Gasteiger partial charge >= 0.3 is 0 Å². The molecule has 1 N–H and O–H groups in total. The van der Waals surface area contributed by atoms with E-state index in [2.05, 4.69) is 4.98 Å². The fourth-order valence-electron chi connectivity index (χ4n) is 2.21. The van der Waals surface area contributed by atoms with Crippen LogP contribution in [0.25, 0.3) is 4.96 Å². The molecule has 110 valence electrons. The summed E-state index contributed by atoms with van der Waals surface area (Å²) in [6.07, 6.45) is 3.69. The summed E-state index contributed by atoms with van der Waals surface area (Å²) < 4.78 is 12.4. The van der Waals surface area contributed by atoms with Crippen molar-refractivity contribution in [1.82, 2.24) is 9.38 Å². The second-order valence-electron chi connectivity index (χ2n) is 4.69. The molecule has 0 aliphatic rings. The fourth-order valence-corrected chi connectivity index (χ4v) is 2.93. The van der Waals surface area contributed by atoms with E-state index in [1.54, 1.807) is 31.6 Å². The molecule has 1 atom stereocenters. The first-order valence-corrected chi connectivity index (χ1v) is 7.39. The van der Waals surface area contributed by atoms with Crippen molar-refractivity contribution in [2.24, 2.45) is 0 Å². The van der Waals surface area contributed by atoms with Gasteiger partial charge in [-0.05, 0) is 17.7 Å². The lowest BCUT2D eigenvalue weighted by Crippen LogP contribution is -2.03. The van der Waals surface area contributed by atoms with Crippen molar-refractivity contribution in [3.8, 4) is 11.5 Å². The van der Waals surface area contributed by atoms with E-state index in [-0.39, 0.29) is 0 Å². The SMILES string of the molecule is COc1cc(OC)cc(C(O)Cc2cn3ccsc3n2)c1. The summed E-state index contributed by atoms with van der Waals surface area (Å²) in [5, 5.41) is 12.4. The second kappa shape index (κ2) is 5.75. The lowest BCUT2D eigenvalue weighted by molar-refractivity contribution is 0.176. The smallest absolute Gasteiger partial charge is 0.193 e. The summed E-state index contributed by atoms with van der Waals surface area (Å²) in [7, 11) is 3.18. The Bertz CT molecular complexity index is 700. The van der Waals surface area contributed by atoms with Crippen LogP contribution in [0.5, 0.6) is 11.5 Å². The third kappa shape index (κ3) is 2.86. The molecule has 0 saturated heterocycles. The molecule has 1 aromatic carbocycles. The van der Waals surface area contributed by atoms with E-state index < -0.39 is 6.10 Å². The molecule has 2 heterocycles. The van der Waals surface area contributed by atoms with Gasteiger partial charge in [0.25, 0.3) is 0 Å². The highest BCUT2D eigenvalue weighted by atomic mass is 32.1. The van der Waals surface area contributed by atoms with Crippen LogP contribution in [-0.4, -0.2) is 28.7 Å². The summed E-state index contributed by atoms with van der Waals surface area (Å²) in [4.78, 5) is 5.41. The predicted octanol–water partition coefficient (Wildman–Crippen LogP) is 2.69. The Kier molecular flexibility index (Phi) is 3.81. The number of hydrogen-bond donors (Lipinski definition) is 1. The summed E-state index contributed by atoms with van der Waals surface area (Å²) in [6, 6.07) is 5.40. The molecular formula is C15H16N2O3S. The number of nitrogens with zero attached hydrogens (tertiary/aromatic N) is 2.